The molecule has 1 N–H and O–H groups in total. The van der Waals surface area contributed by atoms with E-state index in [9.17, 15) is 21.6 Å². The molecular weight excluding hydrogens is 359 g/mol. The predicted octanol–water partition coefficient (Wildman–Crippen LogP) is 2.29. The van der Waals surface area contributed by atoms with Gasteiger partial charge in [0.05, 0.1) is 13.2 Å². The van der Waals surface area contributed by atoms with Crippen molar-refractivity contribution >= 4 is 33.3 Å². The standard InChI is InChI=1S/C12H13ClF3N3O3S/c13-9-1-3-10(4-2-9)17-11(19-5-7-22-8-6-19)18-23(20,21)12(14,15)16/h1-4H,5-8H2,(H,17,18). The lowest BCUT2D eigenvalue weighted by Gasteiger charge is -2.30. The Morgan fingerprint density at radius 2 is 1.78 bits per heavy atom. The smallest absolute Gasteiger partial charge is 0.378 e. The number of sulfonamides is 1. The van der Waals surface area contributed by atoms with Gasteiger partial charge < -0.3 is 15.0 Å². The van der Waals surface area contributed by atoms with E-state index in [0.29, 0.717) is 10.7 Å². The SMILES string of the molecule is O=S(=O)(N=C(Nc1ccc(Cl)cc1)N1CCOCC1)C(F)(F)F. The summed E-state index contributed by atoms with van der Waals surface area (Å²) in [5.74, 6) is -0.409. The van der Waals surface area contributed by atoms with E-state index < -0.39 is 21.5 Å². The first-order chi connectivity index (χ1) is 10.7. The average molecular weight is 372 g/mol. The molecule has 0 aliphatic carbocycles. The van der Waals surface area contributed by atoms with E-state index in [2.05, 4.69) is 9.71 Å². The van der Waals surface area contributed by atoms with Crippen molar-refractivity contribution in [3.63, 3.8) is 0 Å². The molecular formula is C12H13ClF3N3O3S. The van der Waals surface area contributed by atoms with Crippen LogP contribution in [0.2, 0.25) is 5.02 Å². The fourth-order valence-electron chi connectivity index (χ4n) is 1.76. The number of ether oxygens (including phenoxy) is 1. The Bertz CT molecular complexity index is 671. The van der Waals surface area contributed by atoms with Crippen LogP contribution < -0.4 is 5.32 Å². The van der Waals surface area contributed by atoms with Crippen LogP contribution in [0.3, 0.4) is 0 Å². The third-order valence-electron chi connectivity index (χ3n) is 2.91. The van der Waals surface area contributed by atoms with E-state index in [4.69, 9.17) is 16.3 Å². The molecule has 0 radical (unpaired) electrons. The lowest BCUT2D eigenvalue weighted by molar-refractivity contribution is -0.0435. The van der Waals surface area contributed by atoms with Crippen molar-refractivity contribution in [1.29, 1.82) is 0 Å². The van der Waals surface area contributed by atoms with Gasteiger partial charge in [-0.2, -0.15) is 21.6 Å². The molecule has 1 aliphatic rings. The van der Waals surface area contributed by atoms with Crippen LogP contribution in [0, 0.1) is 0 Å². The molecule has 1 heterocycles. The maximum absolute atomic E-state index is 12.6. The number of anilines is 1. The number of alkyl halides is 3. The minimum atomic E-state index is -5.66. The Labute approximate surface area is 135 Å². The zero-order valence-electron chi connectivity index (χ0n) is 11.7. The van der Waals surface area contributed by atoms with Crippen molar-refractivity contribution < 1.29 is 26.3 Å². The largest absolute Gasteiger partial charge is 0.518 e. The summed E-state index contributed by atoms with van der Waals surface area (Å²) >= 11 is 5.73. The topological polar surface area (TPSA) is 71.0 Å². The van der Waals surface area contributed by atoms with E-state index in [1.54, 1.807) is 0 Å². The molecule has 0 aromatic heterocycles. The molecule has 0 amide bonds. The zero-order chi connectivity index (χ0) is 17.1. The average Bonchev–Trinajstić information content (AvgIpc) is 2.48. The Balaban J connectivity index is 2.33. The molecule has 0 atom stereocenters. The van der Waals surface area contributed by atoms with Crippen LogP contribution in [-0.4, -0.2) is 51.1 Å². The number of morpholine rings is 1. The molecule has 1 aromatic rings. The van der Waals surface area contributed by atoms with Crippen molar-refractivity contribution in [3.05, 3.63) is 29.3 Å². The Kier molecular flexibility index (Phi) is 5.37. The summed E-state index contributed by atoms with van der Waals surface area (Å²) in [6, 6.07) is 6.02. The first-order valence-corrected chi connectivity index (χ1v) is 8.27. The summed E-state index contributed by atoms with van der Waals surface area (Å²) in [7, 11) is -5.66. The summed E-state index contributed by atoms with van der Waals surface area (Å²) in [6.07, 6.45) is 0. The molecule has 6 nitrogen and oxygen atoms in total. The second-order valence-electron chi connectivity index (χ2n) is 4.57. The maximum atomic E-state index is 12.6. The van der Waals surface area contributed by atoms with E-state index in [1.807, 2.05) is 0 Å². The first-order valence-electron chi connectivity index (χ1n) is 6.45. The van der Waals surface area contributed by atoms with Gasteiger partial charge in [-0.15, -0.1) is 4.40 Å². The van der Waals surface area contributed by atoms with Crippen LogP contribution >= 0.6 is 11.6 Å². The van der Waals surface area contributed by atoms with Crippen LogP contribution in [0.1, 0.15) is 0 Å². The van der Waals surface area contributed by atoms with Crippen LogP contribution in [0.25, 0.3) is 0 Å². The van der Waals surface area contributed by atoms with Gasteiger partial charge >= 0.3 is 15.5 Å². The Morgan fingerprint density at radius 3 is 2.30 bits per heavy atom. The van der Waals surface area contributed by atoms with Gasteiger partial charge in [-0.05, 0) is 24.3 Å². The quantitative estimate of drug-likeness (QED) is 0.638. The third-order valence-corrected chi connectivity index (χ3v) is 4.16. The van der Waals surface area contributed by atoms with Crippen LogP contribution in [0.15, 0.2) is 28.7 Å². The highest BCUT2D eigenvalue weighted by Gasteiger charge is 2.46. The van der Waals surface area contributed by atoms with Crippen molar-refractivity contribution in [2.75, 3.05) is 31.6 Å². The number of hydrogen-bond donors (Lipinski definition) is 1. The Hall–Kier alpha value is -1.52. The second-order valence-corrected chi connectivity index (χ2v) is 6.60. The van der Waals surface area contributed by atoms with E-state index in [0.717, 1.165) is 0 Å². The molecule has 23 heavy (non-hydrogen) atoms. The summed E-state index contributed by atoms with van der Waals surface area (Å²) in [4.78, 5) is 1.38. The van der Waals surface area contributed by atoms with Crippen LogP contribution in [0.5, 0.6) is 0 Å². The molecule has 1 saturated heterocycles. The van der Waals surface area contributed by atoms with E-state index >= 15 is 0 Å². The maximum Gasteiger partial charge on any atom is 0.518 e. The highest BCUT2D eigenvalue weighted by molar-refractivity contribution is 7.91. The summed E-state index contributed by atoms with van der Waals surface area (Å²) < 4.78 is 68.4. The molecule has 1 aromatic carbocycles. The number of benzene rings is 1. The van der Waals surface area contributed by atoms with Gasteiger partial charge in [0.2, 0.25) is 5.96 Å². The van der Waals surface area contributed by atoms with E-state index in [-0.39, 0.29) is 26.3 Å². The molecule has 1 fully saturated rings. The van der Waals surface area contributed by atoms with Gasteiger partial charge in [-0.25, -0.2) is 0 Å². The number of hydrogen-bond acceptors (Lipinski definition) is 3. The lowest BCUT2D eigenvalue weighted by Crippen LogP contribution is -2.45. The Morgan fingerprint density at radius 1 is 1.22 bits per heavy atom. The van der Waals surface area contributed by atoms with E-state index in [1.165, 1.54) is 29.2 Å². The van der Waals surface area contributed by atoms with Crippen molar-refractivity contribution in [2.45, 2.75) is 5.51 Å². The summed E-state index contributed by atoms with van der Waals surface area (Å²) in [5, 5.41) is 3.02. The zero-order valence-corrected chi connectivity index (χ0v) is 13.2. The monoisotopic (exact) mass is 371 g/mol. The highest BCUT2D eigenvalue weighted by atomic mass is 35.5. The van der Waals surface area contributed by atoms with Gasteiger partial charge in [0.15, 0.2) is 0 Å². The molecule has 0 unspecified atom stereocenters. The van der Waals surface area contributed by atoms with Crippen molar-refractivity contribution in [1.82, 2.24) is 4.90 Å². The number of rotatable bonds is 2. The number of halogens is 4. The molecule has 0 saturated carbocycles. The second kappa shape index (κ2) is 6.93. The van der Waals surface area contributed by atoms with Crippen LogP contribution in [0.4, 0.5) is 18.9 Å². The molecule has 0 bridgehead atoms. The minimum absolute atomic E-state index is 0.215. The van der Waals surface area contributed by atoms with Gasteiger partial charge in [0.1, 0.15) is 0 Å². The third kappa shape index (κ3) is 4.72. The summed E-state index contributed by atoms with van der Waals surface area (Å²) in [6.45, 7) is 0.945. The molecule has 11 heteroatoms. The first kappa shape index (κ1) is 17.8. The fourth-order valence-corrected chi connectivity index (χ4v) is 2.38. The molecule has 1 aliphatic heterocycles. The molecule has 2 rings (SSSR count). The van der Waals surface area contributed by atoms with Gasteiger partial charge in [0, 0.05) is 23.8 Å². The predicted molar refractivity (Wildman–Crippen MR) is 79.9 cm³/mol. The van der Waals surface area contributed by atoms with Gasteiger partial charge in [-0.1, -0.05) is 11.6 Å². The normalized spacial score (nSPS) is 17.2. The number of nitrogens with one attached hydrogen (secondary N) is 1. The van der Waals surface area contributed by atoms with Crippen molar-refractivity contribution in [3.8, 4) is 0 Å². The van der Waals surface area contributed by atoms with Crippen LogP contribution in [-0.2, 0) is 14.8 Å². The van der Waals surface area contributed by atoms with Gasteiger partial charge in [-0.3, -0.25) is 0 Å². The number of guanidine groups is 1. The highest BCUT2D eigenvalue weighted by Crippen LogP contribution is 2.25. The minimum Gasteiger partial charge on any atom is -0.378 e. The molecule has 128 valence electrons. The lowest BCUT2D eigenvalue weighted by atomic mass is 10.3. The fraction of sp³-hybridized carbons (Fsp3) is 0.417. The molecule has 0 spiro atoms. The summed E-state index contributed by atoms with van der Waals surface area (Å²) in [5.41, 5.74) is -5.11. The van der Waals surface area contributed by atoms with Gasteiger partial charge in [0.25, 0.3) is 0 Å². The number of nitrogens with zero attached hydrogens (tertiary/aromatic N) is 2. The van der Waals surface area contributed by atoms with Crippen molar-refractivity contribution in [2.24, 2.45) is 4.40 Å².